The molecular weight excluding hydrogens is 388 g/mol. The lowest BCUT2D eigenvalue weighted by Crippen LogP contribution is -2.56. The van der Waals surface area contributed by atoms with Crippen molar-refractivity contribution < 1.29 is 9.90 Å². The molecule has 30 heavy (non-hydrogen) atoms. The van der Waals surface area contributed by atoms with Crippen molar-refractivity contribution >= 4 is 11.9 Å². The number of β-amino-alcohol motifs (C(OH)–C–C–N with tert-alkyl or cyclic N) is 1. The van der Waals surface area contributed by atoms with Gasteiger partial charge in [-0.25, -0.2) is 14.8 Å². The number of aromatic nitrogens is 4. The Labute approximate surface area is 174 Å². The Morgan fingerprint density at radius 1 is 1.30 bits per heavy atom. The summed E-state index contributed by atoms with van der Waals surface area (Å²) in [5.74, 6) is 0.384. The van der Waals surface area contributed by atoms with E-state index in [0.717, 1.165) is 11.4 Å². The van der Waals surface area contributed by atoms with Gasteiger partial charge in [-0.2, -0.15) is 0 Å². The lowest BCUT2D eigenvalue weighted by atomic mass is 9.88. The predicted octanol–water partition coefficient (Wildman–Crippen LogP) is 0.278. The molecule has 0 radical (unpaired) electrons. The third kappa shape index (κ3) is 4.76. The molecule has 3 N–H and O–H groups in total. The molecule has 0 aromatic carbocycles. The number of carbonyl (C=O) groups excluding carboxylic acids is 1. The summed E-state index contributed by atoms with van der Waals surface area (Å²) in [6.07, 6.45) is 2.10. The van der Waals surface area contributed by atoms with Gasteiger partial charge in [0.2, 0.25) is 11.9 Å². The lowest BCUT2D eigenvalue weighted by Gasteiger charge is -2.43. The van der Waals surface area contributed by atoms with Crippen LogP contribution in [0.5, 0.6) is 0 Å². The van der Waals surface area contributed by atoms with Gasteiger partial charge in [-0.05, 0) is 40.2 Å². The second-order valence-corrected chi connectivity index (χ2v) is 8.11. The van der Waals surface area contributed by atoms with Gasteiger partial charge in [-0.1, -0.05) is 0 Å². The smallest absolute Gasteiger partial charge is 0.328 e. The molecule has 1 fully saturated rings. The topological polar surface area (TPSA) is 133 Å². The van der Waals surface area contributed by atoms with E-state index in [4.69, 9.17) is 0 Å². The highest BCUT2D eigenvalue weighted by Gasteiger charge is 2.41. The van der Waals surface area contributed by atoms with Crippen LogP contribution in [0.25, 0.3) is 0 Å². The van der Waals surface area contributed by atoms with Crippen molar-refractivity contribution in [1.29, 1.82) is 0 Å². The fourth-order valence-electron chi connectivity index (χ4n) is 3.87. The van der Waals surface area contributed by atoms with E-state index < -0.39 is 22.9 Å². The predicted molar refractivity (Wildman–Crippen MR) is 112 cm³/mol. The molecule has 3 heterocycles. The van der Waals surface area contributed by atoms with Crippen LogP contribution in [-0.4, -0.2) is 60.7 Å². The molecule has 1 aliphatic rings. The number of nitrogens with zero attached hydrogens (tertiary/aromatic N) is 4. The van der Waals surface area contributed by atoms with Crippen molar-refractivity contribution in [3.63, 3.8) is 0 Å². The summed E-state index contributed by atoms with van der Waals surface area (Å²) < 4.78 is 1.36. The van der Waals surface area contributed by atoms with E-state index in [9.17, 15) is 19.5 Å². The van der Waals surface area contributed by atoms with Crippen LogP contribution in [0.1, 0.15) is 42.8 Å². The summed E-state index contributed by atoms with van der Waals surface area (Å²) in [7, 11) is 0. The zero-order valence-corrected chi connectivity index (χ0v) is 17.7. The summed E-state index contributed by atoms with van der Waals surface area (Å²) in [4.78, 5) is 48.9. The summed E-state index contributed by atoms with van der Waals surface area (Å²) in [6.45, 7) is 7.85. The van der Waals surface area contributed by atoms with Gasteiger partial charge in [0.1, 0.15) is 5.60 Å². The molecular formula is C20H28N6O4. The largest absolute Gasteiger partial charge is 0.386 e. The van der Waals surface area contributed by atoms with Crippen molar-refractivity contribution in [3.8, 4) is 0 Å². The number of amides is 1. The highest BCUT2D eigenvalue weighted by atomic mass is 16.3. The van der Waals surface area contributed by atoms with E-state index in [1.54, 1.807) is 18.7 Å². The zero-order chi connectivity index (χ0) is 22.1. The first-order chi connectivity index (χ1) is 14.1. The number of aryl methyl sites for hydroxylation is 3. The minimum atomic E-state index is -1.31. The van der Waals surface area contributed by atoms with Crippen LogP contribution in [-0.2, 0) is 4.79 Å². The molecule has 1 amide bonds. The van der Waals surface area contributed by atoms with Crippen LogP contribution in [0.3, 0.4) is 0 Å². The fraction of sp³-hybridized carbons (Fsp3) is 0.550. The number of carbonyl (C=O) groups is 1. The molecule has 3 rings (SSSR count). The molecule has 2 aromatic rings. The van der Waals surface area contributed by atoms with E-state index in [1.807, 2.05) is 19.9 Å². The Bertz CT molecular complexity index is 1040. The van der Waals surface area contributed by atoms with Crippen molar-refractivity contribution in [2.75, 3.05) is 25.0 Å². The van der Waals surface area contributed by atoms with Crippen LogP contribution < -0.4 is 16.6 Å². The Balaban J connectivity index is 1.62. The summed E-state index contributed by atoms with van der Waals surface area (Å²) >= 11 is 0. The Hall–Kier alpha value is -3.01. The second-order valence-electron chi connectivity index (χ2n) is 8.11. The number of hydrogen-bond acceptors (Lipinski definition) is 7. The molecule has 162 valence electrons. The minimum absolute atomic E-state index is 0.0984. The van der Waals surface area contributed by atoms with E-state index in [0.29, 0.717) is 31.0 Å². The molecule has 2 aromatic heterocycles. The number of nitrogens with one attached hydrogen (secondary N) is 2. The van der Waals surface area contributed by atoms with Gasteiger partial charge < -0.3 is 15.3 Å². The molecule has 10 heteroatoms. The average molecular weight is 416 g/mol. The van der Waals surface area contributed by atoms with E-state index in [-0.39, 0.29) is 18.9 Å². The number of likely N-dealkylation sites (tertiary alicyclic amines) is 1. The Kier molecular flexibility index (Phi) is 6.06. The highest BCUT2D eigenvalue weighted by molar-refractivity contribution is 5.77. The first kappa shape index (κ1) is 21.7. The maximum absolute atomic E-state index is 12.6. The molecule has 0 bridgehead atoms. The minimum Gasteiger partial charge on any atom is -0.386 e. The third-order valence-corrected chi connectivity index (χ3v) is 5.34. The number of H-pyrrole nitrogens is 1. The Morgan fingerprint density at radius 2 is 1.97 bits per heavy atom. The van der Waals surface area contributed by atoms with Gasteiger partial charge in [0.25, 0.3) is 5.56 Å². The van der Waals surface area contributed by atoms with Gasteiger partial charge in [-0.3, -0.25) is 19.1 Å². The monoisotopic (exact) mass is 416 g/mol. The number of aromatic amines is 1. The van der Waals surface area contributed by atoms with E-state index >= 15 is 0 Å². The molecule has 1 aliphatic heterocycles. The van der Waals surface area contributed by atoms with Gasteiger partial charge >= 0.3 is 5.69 Å². The van der Waals surface area contributed by atoms with E-state index in [1.165, 1.54) is 10.8 Å². The SMILES string of the molecule is Cc1cc(C)nc(NCCC(=O)N2CC[C@H](n3cc(C)c(=O)[nH]c3=O)[C@@](C)(O)C2)n1. The van der Waals surface area contributed by atoms with E-state index in [2.05, 4.69) is 20.3 Å². The second kappa shape index (κ2) is 8.39. The fourth-order valence-corrected chi connectivity index (χ4v) is 3.87. The van der Waals surface area contributed by atoms with Crippen molar-refractivity contribution in [1.82, 2.24) is 24.4 Å². The maximum Gasteiger partial charge on any atom is 0.328 e. The summed E-state index contributed by atoms with van der Waals surface area (Å²) in [5.41, 5.74) is -0.225. The van der Waals surface area contributed by atoms with Gasteiger partial charge in [0.15, 0.2) is 0 Å². The normalized spacial score (nSPS) is 21.5. The number of aliphatic hydroxyl groups is 1. The van der Waals surface area contributed by atoms with Crippen molar-refractivity contribution in [2.24, 2.45) is 0 Å². The highest BCUT2D eigenvalue weighted by Crippen LogP contribution is 2.31. The van der Waals surface area contributed by atoms with Crippen LogP contribution in [0.2, 0.25) is 0 Å². The molecule has 0 saturated carbocycles. The number of rotatable bonds is 5. The van der Waals surface area contributed by atoms with Crippen LogP contribution >= 0.6 is 0 Å². The quantitative estimate of drug-likeness (QED) is 0.637. The lowest BCUT2D eigenvalue weighted by molar-refractivity contribution is -0.140. The maximum atomic E-state index is 12.6. The van der Waals surface area contributed by atoms with Gasteiger partial charge in [0.05, 0.1) is 12.6 Å². The summed E-state index contributed by atoms with van der Waals surface area (Å²) in [5, 5.41) is 14.0. The van der Waals surface area contributed by atoms with Gasteiger partial charge in [-0.15, -0.1) is 0 Å². The number of piperidine rings is 1. The van der Waals surface area contributed by atoms with Crippen molar-refractivity contribution in [2.45, 2.75) is 52.2 Å². The number of hydrogen-bond donors (Lipinski definition) is 3. The zero-order valence-electron chi connectivity index (χ0n) is 17.7. The Morgan fingerprint density at radius 3 is 2.60 bits per heavy atom. The molecule has 0 aliphatic carbocycles. The third-order valence-electron chi connectivity index (χ3n) is 5.34. The summed E-state index contributed by atoms with van der Waals surface area (Å²) in [6, 6.07) is 1.34. The molecule has 1 saturated heterocycles. The number of anilines is 1. The molecule has 2 atom stereocenters. The van der Waals surface area contributed by atoms with Crippen LogP contribution in [0.15, 0.2) is 21.9 Å². The molecule has 0 unspecified atom stereocenters. The van der Waals surface area contributed by atoms with Crippen molar-refractivity contribution in [3.05, 3.63) is 50.1 Å². The standard InChI is InChI=1S/C20H28N6O4/c1-12-10-26(19(29)24-17(12)28)15-6-8-25(11-20(15,4)30)16(27)5-7-21-18-22-13(2)9-14(3)23-18/h9-10,15,30H,5-8,11H2,1-4H3,(H,21,22,23)(H,24,28,29)/t15-,20-/m0/s1. The van der Waals surface area contributed by atoms with Crippen LogP contribution in [0, 0.1) is 20.8 Å². The molecule has 0 spiro atoms. The first-order valence-electron chi connectivity index (χ1n) is 9.95. The van der Waals surface area contributed by atoms with Gasteiger partial charge in [0, 0.05) is 42.7 Å². The van der Waals surface area contributed by atoms with Crippen LogP contribution in [0.4, 0.5) is 5.95 Å². The first-order valence-corrected chi connectivity index (χ1v) is 9.95. The average Bonchev–Trinajstić information content (AvgIpc) is 2.63. The molecule has 10 nitrogen and oxygen atoms in total.